The van der Waals surface area contributed by atoms with Crippen LogP contribution in [0.5, 0.6) is 0 Å². The summed E-state index contributed by atoms with van der Waals surface area (Å²) in [6, 6.07) is 1.87. The molecule has 0 radical (unpaired) electrons. The van der Waals surface area contributed by atoms with Gasteiger partial charge in [0.05, 0.1) is 5.75 Å². The molecule has 0 aliphatic carbocycles. The number of piperazine rings is 1. The summed E-state index contributed by atoms with van der Waals surface area (Å²) in [6.45, 7) is 11.7. The number of halogens is 1. The van der Waals surface area contributed by atoms with Crippen molar-refractivity contribution in [1.29, 1.82) is 0 Å². The van der Waals surface area contributed by atoms with Crippen LogP contribution in [-0.2, 0) is 9.59 Å². The number of thioether (sulfide) groups is 1. The highest BCUT2D eigenvalue weighted by atomic mass is 35.5. The van der Waals surface area contributed by atoms with Gasteiger partial charge in [0.15, 0.2) is 5.16 Å². The van der Waals surface area contributed by atoms with Gasteiger partial charge < -0.3 is 14.7 Å². The molecule has 7 nitrogen and oxygen atoms in total. The first-order chi connectivity index (χ1) is 15.4. The van der Waals surface area contributed by atoms with Gasteiger partial charge >= 0.3 is 0 Å². The Kier molecular flexibility index (Phi) is 11.6. The molecule has 180 valence electrons. The number of aromatic nitrogens is 2. The summed E-state index contributed by atoms with van der Waals surface area (Å²) in [6.07, 6.45) is 6.41. The smallest absolute Gasteiger partial charge is 0.233 e. The molecule has 1 unspecified atom stereocenters. The van der Waals surface area contributed by atoms with Crippen LogP contribution < -0.4 is 4.90 Å². The second-order valence-electron chi connectivity index (χ2n) is 8.23. The molecule has 0 bridgehead atoms. The second-order valence-corrected chi connectivity index (χ2v) is 9.56. The first-order valence-electron chi connectivity index (χ1n) is 11.9. The van der Waals surface area contributed by atoms with Crippen molar-refractivity contribution in [2.45, 2.75) is 77.4 Å². The predicted molar refractivity (Wildman–Crippen MR) is 132 cm³/mol. The van der Waals surface area contributed by atoms with E-state index in [0.29, 0.717) is 55.2 Å². The summed E-state index contributed by atoms with van der Waals surface area (Å²) < 4.78 is 0. The molecule has 1 saturated heterocycles. The molecule has 32 heavy (non-hydrogen) atoms. The van der Waals surface area contributed by atoms with E-state index in [-0.39, 0.29) is 17.9 Å². The third kappa shape index (κ3) is 8.10. The summed E-state index contributed by atoms with van der Waals surface area (Å²) in [5, 5.41) is 0.872. The third-order valence-corrected chi connectivity index (χ3v) is 6.89. The molecule has 1 aliphatic rings. The lowest BCUT2D eigenvalue weighted by Crippen LogP contribution is -2.54. The van der Waals surface area contributed by atoms with E-state index in [1.807, 2.05) is 18.7 Å². The number of hydrogen-bond acceptors (Lipinski definition) is 6. The maximum Gasteiger partial charge on any atom is 0.233 e. The van der Waals surface area contributed by atoms with Gasteiger partial charge in [-0.3, -0.25) is 9.59 Å². The summed E-state index contributed by atoms with van der Waals surface area (Å²) >= 11 is 7.57. The number of rotatable bonds is 12. The van der Waals surface area contributed by atoms with Crippen LogP contribution in [0.25, 0.3) is 0 Å². The zero-order chi connectivity index (χ0) is 23.5. The minimum atomic E-state index is 0.0700. The van der Waals surface area contributed by atoms with Crippen molar-refractivity contribution in [1.82, 2.24) is 19.8 Å². The molecule has 0 saturated carbocycles. The highest BCUT2D eigenvalue weighted by Gasteiger charge is 2.28. The molecule has 2 amide bonds. The van der Waals surface area contributed by atoms with Gasteiger partial charge in [-0.1, -0.05) is 56.0 Å². The molecule has 1 atom stereocenters. The molecular weight excluding hydrogens is 446 g/mol. The topological polar surface area (TPSA) is 69.6 Å². The predicted octanol–water partition coefficient (Wildman–Crippen LogP) is 4.49. The van der Waals surface area contributed by atoms with Gasteiger partial charge in [0.25, 0.3) is 0 Å². The first kappa shape index (κ1) is 26.7. The van der Waals surface area contributed by atoms with Gasteiger partial charge in [-0.05, 0) is 27.2 Å². The number of anilines is 1. The average molecular weight is 484 g/mol. The van der Waals surface area contributed by atoms with E-state index < -0.39 is 0 Å². The Morgan fingerprint density at radius 1 is 1.12 bits per heavy atom. The van der Waals surface area contributed by atoms with E-state index >= 15 is 0 Å². The molecule has 0 aromatic carbocycles. The Balaban J connectivity index is 1.91. The van der Waals surface area contributed by atoms with Crippen molar-refractivity contribution in [3.05, 3.63) is 11.2 Å². The Bertz CT molecular complexity index is 747. The van der Waals surface area contributed by atoms with Crippen molar-refractivity contribution < 1.29 is 9.59 Å². The average Bonchev–Trinajstić information content (AvgIpc) is 2.77. The standard InChI is InChI=1S/C23H38ClN5O2S/c1-5-8-9-10-11-12-21(30)29-14-13-28(16-18(29)4)20-15-19(24)25-23(26-20)32-17-22(31)27(6-2)7-3/h15,18H,5-14,16-17H2,1-4H3. The first-order valence-corrected chi connectivity index (χ1v) is 13.2. The van der Waals surface area contributed by atoms with Gasteiger partial charge in [-0.25, -0.2) is 9.97 Å². The van der Waals surface area contributed by atoms with Gasteiger partial charge in [0.1, 0.15) is 11.0 Å². The van der Waals surface area contributed by atoms with Gasteiger partial charge in [-0.2, -0.15) is 0 Å². The number of carbonyl (C=O) groups is 2. The van der Waals surface area contributed by atoms with Crippen LogP contribution in [0.3, 0.4) is 0 Å². The van der Waals surface area contributed by atoms with Gasteiger partial charge in [0.2, 0.25) is 11.8 Å². The Hall–Kier alpha value is -1.54. The zero-order valence-corrected chi connectivity index (χ0v) is 21.6. The van der Waals surface area contributed by atoms with Crippen molar-refractivity contribution in [3.8, 4) is 0 Å². The fraction of sp³-hybridized carbons (Fsp3) is 0.739. The van der Waals surface area contributed by atoms with Crippen molar-refractivity contribution >= 4 is 41.0 Å². The zero-order valence-electron chi connectivity index (χ0n) is 20.0. The molecule has 9 heteroatoms. The van der Waals surface area contributed by atoms with Crippen molar-refractivity contribution in [3.63, 3.8) is 0 Å². The molecule has 2 heterocycles. The lowest BCUT2D eigenvalue weighted by Gasteiger charge is -2.40. The Morgan fingerprint density at radius 2 is 1.84 bits per heavy atom. The van der Waals surface area contributed by atoms with Crippen molar-refractivity contribution in [2.75, 3.05) is 43.4 Å². The molecule has 1 aliphatic heterocycles. The van der Waals surface area contributed by atoms with Crippen LogP contribution in [-0.4, -0.2) is 76.1 Å². The SMILES string of the molecule is CCCCCCCC(=O)N1CCN(c2cc(Cl)nc(SCC(=O)N(CC)CC)n2)CC1C. The molecule has 2 rings (SSSR count). The van der Waals surface area contributed by atoms with Crippen LogP contribution in [0, 0.1) is 0 Å². The normalized spacial score (nSPS) is 16.3. The largest absolute Gasteiger partial charge is 0.353 e. The summed E-state index contributed by atoms with van der Waals surface area (Å²) in [5.74, 6) is 1.36. The van der Waals surface area contributed by atoms with Crippen LogP contribution in [0.4, 0.5) is 5.82 Å². The van der Waals surface area contributed by atoms with E-state index in [1.54, 1.807) is 11.0 Å². The molecule has 0 N–H and O–H groups in total. The van der Waals surface area contributed by atoms with E-state index in [4.69, 9.17) is 11.6 Å². The fourth-order valence-corrected chi connectivity index (χ4v) is 4.95. The van der Waals surface area contributed by atoms with E-state index in [2.05, 4.69) is 28.7 Å². The van der Waals surface area contributed by atoms with Crippen LogP contribution in [0.2, 0.25) is 5.15 Å². The Labute approximate surface area is 202 Å². The van der Waals surface area contributed by atoms with Gasteiger partial charge in [-0.15, -0.1) is 0 Å². The summed E-state index contributed by atoms with van der Waals surface area (Å²) in [4.78, 5) is 39.8. The Morgan fingerprint density at radius 3 is 2.50 bits per heavy atom. The summed E-state index contributed by atoms with van der Waals surface area (Å²) in [5.41, 5.74) is 0. The molecule has 1 fully saturated rings. The number of hydrogen-bond donors (Lipinski definition) is 0. The van der Waals surface area contributed by atoms with Crippen LogP contribution in [0.15, 0.2) is 11.2 Å². The molecular formula is C23H38ClN5O2S. The van der Waals surface area contributed by atoms with Crippen molar-refractivity contribution in [2.24, 2.45) is 0 Å². The van der Waals surface area contributed by atoms with E-state index in [0.717, 1.165) is 18.7 Å². The highest BCUT2D eigenvalue weighted by Crippen LogP contribution is 2.24. The molecule has 1 aromatic heterocycles. The van der Waals surface area contributed by atoms with Crippen LogP contribution in [0.1, 0.15) is 66.2 Å². The van der Waals surface area contributed by atoms with Gasteiger partial charge in [0, 0.05) is 51.3 Å². The monoisotopic (exact) mass is 483 g/mol. The fourth-order valence-electron chi connectivity index (χ4n) is 3.97. The number of nitrogens with zero attached hydrogens (tertiary/aromatic N) is 5. The quantitative estimate of drug-likeness (QED) is 0.189. The molecule has 1 aromatic rings. The van der Waals surface area contributed by atoms with E-state index in [9.17, 15) is 9.59 Å². The second kappa shape index (κ2) is 13.9. The number of amides is 2. The summed E-state index contributed by atoms with van der Waals surface area (Å²) in [7, 11) is 0. The lowest BCUT2D eigenvalue weighted by atomic mass is 10.1. The number of carbonyl (C=O) groups excluding carboxylic acids is 2. The molecule has 0 spiro atoms. The van der Waals surface area contributed by atoms with E-state index in [1.165, 1.54) is 31.0 Å². The highest BCUT2D eigenvalue weighted by molar-refractivity contribution is 7.99. The minimum absolute atomic E-state index is 0.0700. The third-order valence-electron chi connectivity index (χ3n) is 5.87. The number of unbranched alkanes of at least 4 members (excludes halogenated alkanes) is 4. The van der Waals surface area contributed by atoms with Crippen LogP contribution >= 0.6 is 23.4 Å². The maximum atomic E-state index is 12.7. The maximum absolute atomic E-state index is 12.7. The minimum Gasteiger partial charge on any atom is -0.353 e. The lowest BCUT2D eigenvalue weighted by molar-refractivity contribution is -0.133.